The molecule has 0 bridgehead atoms. The Morgan fingerprint density at radius 3 is 2.73 bits per heavy atom. The van der Waals surface area contributed by atoms with Crippen LogP contribution in [0.2, 0.25) is 0 Å². The maximum Gasteiger partial charge on any atom is 0.158 e. The molecular weight excluding hydrogens is 276 g/mol. The minimum absolute atomic E-state index is 0.677. The number of aryl methyl sites for hydroxylation is 1. The van der Waals surface area contributed by atoms with Gasteiger partial charge in [-0.2, -0.15) is 9.61 Å². The van der Waals surface area contributed by atoms with Crippen LogP contribution in [-0.4, -0.2) is 28.3 Å². The predicted molar refractivity (Wildman–Crippen MR) is 88.4 cm³/mol. The summed E-state index contributed by atoms with van der Waals surface area (Å²) in [5.41, 5.74) is 3.67. The number of hydrogen-bond acceptors (Lipinski definition) is 4. The van der Waals surface area contributed by atoms with Gasteiger partial charge in [-0.05, 0) is 31.2 Å². The molecule has 0 saturated heterocycles. The number of rotatable bonds is 5. The molecule has 3 rings (SSSR count). The van der Waals surface area contributed by atoms with E-state index in [0.717, 1.165) is 34.2 Å². The number of benzene rings is 1. The van der Waals surface area contributed by atoms with Gasteiger partial charge < -0.3 is 10.1 Å². The van der Waals surface area contributed by atoms with Crippen LogP contribution < -0.4 is 10.1 Å². The Balaban J connectivity index is 2.05. The molecule has 0 radical (unpaired) electrons. The zero-order valence-electron chi connectivity index (χ0n) is 12.7. The number of nitrogens with zero attached hydrogens (tertiary/aromatic N) is 3. The normalized spacial score (nSPS) is 10.6. The number of methoxy groups -OCH3 is 1. The molecule has 0 aliphatic rings. The standard InChI is InChI=1S/C17H18N4O/c1-4-9-18-16-10-12(2)19-17-11-15(20-21(16)17)13-5-7-14(22-3)8-6-13/h4-8,10-11,18H,1,9H2,2-3H3. The average molecular weight is 294 g/mol. The van der Waals surface area contributed by atoms with E-state index in [-0.39, 0.29) is 0 Å². The molecule has 0 amide bonds. The van der Waals surface area contributed by atoms with Crippen molar-refractivity contribution in [3.05, 3.63) is 54.7 Å². The number of hydrogen-bond donors (Lipinski definition) is 1. The van der Waals surface area contributed by atoms with Crippen LogP contribution in [0.1, 0.15) is 5.69 Å². The average Bonchev–Trinajstić information content (AvgIpc) is 2.96. The van der Waals surface area contributed by atoms with Crippen molar-refractivity contribution in [3.8, 4) is 17.0 Å². The summed E-state index contributed by atoms with van der Waals surface area (Å²) in [4.78, 5) is 4.53. The van der Waals surface area contributed by atoms with Gasteiger partial charge in [0.25, 0.3) is 0 Å². The first kappa shape index (κ1) is 14.1. The highest BCUT2D eigenvalue weighted by Gasteiger charge is 2.09. The monoisotopic (exact) mass is 294 g/mol. The Kier molecular flexibility index (Phi) is 3.78. The summed E-state index contributed by atoms with van der Waals surface area (Å²) in [5, 5.41) is 7.93. The van der Waals surface area contributed by atoms with Crippen LogP contribution in [-0.2, 0) is 0 Å². The van der Waals surface area contributed by atoms with E-state index in [2.05, 4.69) is 22.0 Å². The van der Waals surface area contributed by atoms with Crippen molar-refractivity contribution in [3.63, 3.8) is 0 Å². The molecule has 0 saturated carbocycles. The van der Waals surface area contributed by atoms with Crippen molar-refractivity contribution < 1.29 is 4.74 Å². The van der Waals surface area contributed by atoms with E-state index in [4.69, 9.17) is 4.74 Å². The minimum Gasteiger partial charge on any atom is -0.497 e. The molecule has 0 aliphatic carbocycles. The molecule has 0 unspecified atom stereocenters. The van der Waals surface area contributed by atoms with Gasteiger partial charge in [0.15, 0.2) is 5.65 Å². The van der Waals surface area contributed by atoms with E-state index >= 15 is 0 Å². The Labute approximate surface area is 129 Å². The van der Waals surface area contributed by atoms with Crippen LogP contribution in [0, 0.1) is 6.92 Å². The number of ether oxygens (including phenoxy) is 1. The lowest BCUT2D eigenvalue weighted by Crippen LogP contribution is -2.06. The zero-order chi connectivity index (χ0) is 15.5. The zero-order valence-corrected chi connectivity index (χ0v) is 12.7. The van der Waals surface area contributed by atoms with Crippen LogP contribution >= 0.6 is 0 Å². The van der Waals surface area contributed by atoms with Crippen LogP contribution in [0.15, 0.2) is 49.1 Å². The van der Waals surface area contributed by atoms with Crippen molar-refractivity contribution in [1.29, 1.82) is 0 Å². The third-order valence-corrected chi connectivity index (χ3v) is 3.37. The highest BCUT2D eigenvalue weighted by molar-refractivity contribution is 5.66. The highest BCUT2D eigenvalue weighted by Crippen LogP contribution is 2.23. The van der Waals surface area contributed by atoms with Gasteiger partial charge in [-0.25, -0.2) is 4.98 Å². The summed E-state index contributed by atoms with van der Waals surface area (Å²) < 4.78 is 7.00. The van der Waals surface area contributed by atoms with Crippen LogP contribution in [0.25, 0.3) is 16.9 Å². The van der Waals surface area contributed by atoms with Crippen molar-refractivity contribution in [1.82, 2.24) is 14.6 Å². The molecule has 2 aromatic heterocycles. The fraction of sp³-hybridized carbons (Fsp3) is 0.176. The van der Waals surface area contributed by atoms with Gasteiger partial charge in [-0.1, -0.05) is 6.08 Å². The molecule has 112 valence electrons. The van der Waals surface area contributed by atoms with E-state index < -0.39 is 0 Å². The fourth-order valence-corrected chi connectivity index (χ4v) is 2.31. The predicted octanol–water partition coefficient (Wildman–Crippen LogP) is 3.31. The Hall–Kier alpha value is -2.82. The Bertz CT molecular complexity index is 805. The number of fused-ring (bicyclic) bond motifs is 1. The van der Waals surface area contributed by atoms with Gasteiger partial charge in [0.2, 0.25) is 0 Å². The third kappa shape index (κ3) is 2.65. The maximum atomic E-state index is 5.19. The number of anilines is 1. The first-order valence-electron chi connectivity index (χ1n) is 7.08. The van der Waals surface area contributed by atoms with Gasteiger partial charge in [-0.15, -0.1) is 6.58 Å². The molecule has 0 fully saturated rings. The third-order valence-electron chi connectivity index (χ3n) is 3.37. The van der Waals surface area contributed by atoms with Crippen LogP contribution in [0.4, 0.5) is 5.82 Å². The Morgan fingerprint density at radius 2 is 2.05 bits per heavy atom. The summed E-state index contributed by atoms with van der Waals surface area (Å²) in [5.74, 6) is 1.73. The molecule has 0 aliphatic heterocycles. The lowest BCUT2D eigenvalue weighted by atomic mass is 10.1. The smallest absolute Gasteiger partial charge is 0.158 e. The van der Waals surface area contributed by atoms with E-state index in [9.17, 15) is 0 Å². The molecule has 5 heteroatoms. The van der Waals surface area contributed by atoms with Gasteiger partial charge >= 0.3 is 0 Å². The maximum absolute atomic E-state index is 5.19. The SMILES string of the molecule is C=CCNc1cc(C)nc2cc(-c3ccc(OC)cc3)nn12. The molecule has 5 nitrogen and oxygen atoms in total. The lowest BCUT2D eigenvalue weighted by Gasteiger charge is -2.06. The quantitative estimate of drug-likeness (QED) is 0.733. The fourth-order valence-electron chi connectivity index (χ4n) is 2.31. The second kappa shape index (κ2) is 5.89. The molecular formula is C17H18N4O. The van der Waals surface area contributed by atoms with Crippen molar-refractivity contribution >= 4 is 11.5 Å². The van der Waals surface area contributed by atoms with E-state index in [0.29, 0.717) is 6.54 Å². The van der Waals surface area contributed by atoms with E-state index in [1.54, 1.807) is 7.11 Å². The molecule has 2 heterocycles. The summed E-state index contributed by atoms with van der Waals surface area (Å²) in [6.07, 6.45) is 1.81. The molecule has 0 atom stereocenters. The molecule has 22 heavy (non-hydrogen) atoms. The molecule has 1 N–H and O–H groups in total. The van der Waals surface area contributed by atoms with Gasteiger partial charge in [0, 0.05) is 29.9 Å². The van der Waals surface area contributed by atoms with Crippen LogP contribution in [0.3, 0.4) is 0 Å². The molecule has 3 aromatic rings. The summed E-state index contributed by atoms with van der Waals surface area (Å²) in [6, 6.07) is 11.8. The first-order chi connectivity index (χ1) is 10.7. The summed E-state index contributed by atoms with van der Waals surface area (Å²) >= 11 is 0. The minimum atomic E-state index is 0.677. The topological polar surface area (TPSA) is 51.5 Å². The lowest BCUT2D eigenvalue weighted by molar-refractivity contribution is 0.415. The first-order valence-corrected chi connectivity index (χ1v) is 7.08. The van der Waals surface area contributed by atoms with Crippen molar-refractivity contribution in [2.45, 2.75) is 6.92 Å². The molecule has 0 spiro atoms. The second-order valence-electron chi connectivity index (χ2n) is 4.98. The van der Waals surface area contributed by atoms with Crippen molar-refractivity contribution in [2.75, 3.05) is 19.0 Å². The second-order valence-corrected chi connectivity index (χ2v) is 4.98. The number of aromatic nitrogens is 3. The largest absolute Gasteiger partial charge is 0.497 e. The van der Waals surface area contributed by atoms with Crippen molar-refractivity contribution in [2.24, 2.45) is 0 Å². The Morgan fingerprint density at radius 1 is 1.27 bits per heavy atom. The molecule has 1 aromatic carbocycles. The van der Waals surface area contributed by atoms with Gasteiger partial charge in [-0.3, -0.25) is 0 Å². The summed E-state index contributed by atoms with van der Waals surface area (Å²) in [7, 11) is 1.66. The van der Waals surface area contributed by atoms with Crippen LogP contribution in [0.5, 0.6) is 5.75 Å². The van der Waals surface area contributed by atoms with E-state index in [1.165, 1.54) is 0 Å². The van der Waals surface area contributed by atoms with E-state index in [1.807, 2.05) is 53.9 Å². The highest BCUT2D eigenvalue weighted by atomic mass is 16.5. The van der Waals surface area contributed by atoms with Gasteiger partial charge in [0.05, 0.1) is 12.8 Å². The summed E-state index contributed by atoms with van der Waals surface area (Å²) in [6.45, 7) is 6.38. The van der Waals surface area contributed by atoms with Gasteiger partial charge in [0.1, 0.15) is 11.6 Å². The number of nitrogens with one attached hydrogen (secondary N) is 1.